The van der Waals surface area contributed by atoms with E-state index in [0.29, 0.717) is 27.1 Å². The van der Waals surface area contributed by atoms with Crippen LogP contribution in [0.2, 0.25) is 5.02 Å². The number of hydrogen-bond acceptors (Lipinski definition) is 3. The van der Waals surface area contributed by atoms with Gasteiger partial charge in [0.1, 0.15) is 11.9 Å². The van der Waals surface area contributed by atoms with Crippen molar-refractivity contribution in [3.05, 3.63) is 51.2 Å². The van der Waals surface area contributed by atoms with Crippen molar-refractivity contribution in [1.82, 2.24) is 0 Å². The van der Waals surface area contributed by atoms with Gasteiger partial charge in [-0.25, -0.2) is 4.39 Å². The predicted octanol–water partition coefficient (Wildman–Crippen LogP) is 4.44. The minimum absolute atomic E-state index is 0.245. The molecule has 0 aliphatic heterocycles. The molecule has 0 fully saturated rings. The first-order chi connectivity index (χ1) is 9.01. The Kier molecular flexibility index (Phi) is 3.93. The number of nitrogens with two attached hydrogens (primary N) is 1. The number of halogens is 3. The fraction of sp³-hybridized carbons (Fsp3) is 0. The summed E-state index contributed by atoms with van der Waals surface area (Å²) in [4.78, 5) is 0. The second kappa shape index (κ2) is 5.47. The Morgan fingerprint density at radius 1 is 1.32 bits per heavy atom. The molecule has 0 aliphatic rings. The molecule has 0 spiro atoms. The van der Waals surface area contributed by atoms with Gasteiger partial charge in [0.25, 0.3) is 0 Å². The summed E-state index contributed by atoms with van der Waals surface area (Å²) in [6.07, 6.45) is 0. The Hall–Kier alpha value is -1.77. The molecule has 0 amide bonds. The third kappa shape index (κ3) is 2.98. The number of hydrogen-bond donors (Lipinski definition) is 2. The molecule has 6 heteroatoms. The zero-order chi connectivity index (χ0) is 14.0. The van der Waals surface area contributed by atoms with Crippen LogP contribution in [0.25, 0.3) is 0 Å². The summed E-state index contributed by atoms with van der Waals surface area (Å²) in [5.74, 6) is -0.429. The largest absolute Gasteiger partial charge is 0.398 e. The minimum atomic E-state index is -0.429. The highest BCUT2D eigenvalue weighted by molar-refractivity contribution is 9.10. The maximum absolute atomic E-state index is 13.1. The Bertz CT molecular complexity index is 659. The van der Waals surface area contributed by atoms with Gasteiger partial charge in [0.05, 0.1) is 22.0 Å². The molecule has 3 nitrogen and oxygen atoms in total. The quantitative estimate of drug-likeness (QED) is 0.795. The van der Waals surface area contributed by atoms with Crippen LogP contribution in [0.4, 0.5) is 21.5 Å². The first-order valence-electron chi connectivity index (χ1n) is 5.22. The van der Waals surface area contributed by atoms with E-state index in [1.54, 1.807) is 18.2 Å². The summed E-state index contributed by atoms with van der Waals surface area (Å²) in [6.45, 7) is 0. The molecule has 2 rings (SSSR count). The van der Waals surface area contributed by atoms with Gasteiger partial charge < -0.3 is 11.1 Å². The highest BCUT2D eigenvalue weighted by Crippen LogP contribution is 2.34. The van der Waals surface area contributed by atoms with Crippen LogP contribution in [-0.2, 0) is 0 Å². The van der Waals surface area contributed by atoms with Crippen molar-refractivity contribution in [3.8, 4) is 6.07 Å². The standard InChI is InChI=1S/C13H8BrClFN3/c14-10-3-8(16)4-11(15)13(10)19-9-2-1-7(6-17)12(18)5-9/h1-5,19H,18H2. The van der Waals surface area contributed by atoms with Crippen LogP contribution in [0, 0.1) is 17.1 Å². The van der Waals surface area contributed by atoms with Gasteiger partial charge in [-0.3, -0.25) is 0 Å². The van der Waals surface area contributed by atoms with Gasteiger partial charge in [0, 0.05) is 10.2 Å². The second-order valence-electron chi connectivity index (χ2n) is 3.78. The highest BCUT2D eigenvalue weighted by Gasteiger charge is 2.09. The van der Waals surface area contributed by atoms with Crippen molar-refractivity contribution in [2.45, 2.75) is 0 Å². The van der Waals surface area contributed by atoms with Crippen LogP contribution in [0.3, 0.4) is 0 Å². The van der Waals surface area contributed by atoms with Crippen molar-refractivity contribution in [3.63, 3.8) is 0 Å². The molecule has 0 bridgehead atoms. The van der Waals surface area contributed by atoms with Crippen LogP contribution in [0.1, 0.15) is 5.56 Å². The van der Waals surface area contributed by atoms with Crippen molar-refractivity contribution < 1.29 is 4.39 Å². The first kappa shape index (κ1) is 13.7. The van der Waals surface area contributed by atoms with E-state index in [2.05, 4.69) is 21.2 Å². The summed E-state index contributed by atoms with van der Waals surface area (Å²) < 4.78 is 13.6. The molecule has 19 heavy (non-hydrogen) atoms. The van der Waals surface area contributed by atoms with E-state index in [1.807, 2.05) is 6.07 Å². The molecule has 0 saturated carbocycles. The van der Waals surface area contributed by atoms with Gasteiger partial charge in [-0.05, 0) is 46.3 Å². The van der Waals surface area contributed by atoms with Crippen molar-refractivity contribution in [2.24, 2.45) is 0 Å². The van der Waals surface area contributed by atoms with Gasteiger partial charge >= 0.3 is 0 Å². The second-order valence-corrected chi connectivity index (χ2v) is 5.04. The average Bonchev–Trinajstić information content (AvgIpc) is 2.34. The molecule has 0 unspecified atom stereocenters. The van der Waals surface area contributed by atoms with E-state index in [0.717, 1.165) is 0 Å². The summed E-state index contributed by atoms with van der Waals surface area (Å²) in [5.41, 5.74) is 7.67. The molecule has 2 aromatic carbocycles. The maximum atomic E-state index is 13.1. The molecule has 0 aliphatic carbocycles. The van der Waals surface area contributed by atoms with Gasteiger partial charge in [-0.1, -0.05) is 11.6 Å². The molecular weight excluding hydrogens is 333 g/mol. The van der Waals surface area contributed by atoms with Crippen LogP contribution in [0.5, 0.6) is 0 Å². The monoisotopic (exact) mass is 339 g/mol. The number of nitrogens with zero attached hydrogens (tertiary/aromatic N) is 1. The Morgan fingerprint density at radius 3 is 2.63 bits per heavy atom. The Morgan fingerprint density at radius 2 is 2.05 bits per heavy atom. The first-order valence-corrected chi connectivity index (χ1v) is 6.39. The van der Waals surface area contributed by atoms with Gasteiger partial charge in [-0.15, -0.1) is 0 Å². The van der Waals surface area contributed by atoms with Crippen LogP contribution in [-0.4, -0.2) is 0 Å². The van der Waals surface area contributed by atoms with E-state index >= 15 is 0 Å². The van der Waals surface area contributed by atoms with E-state index in [9.17, 15) is 4.39 Å². The summed E-state index contributed by atoms with van der Waals surface area (Å²) in [5, 5.41) is 12.1. The molecule has 3 N–H and O–H groups in total. The van der Waals surface area contributed by atoms with Crippen molar-refractivity contribution >= 4 is 44.6 Å². The van der Waals surface area contributed by atoms with E-state index in [-0.39, 0.29) is 5.02 Å². The number of rotatable bonds is 2. The van der Waals surface area contributed by atoms with Gasteiger partial charge in [-0.2, -0.15) is 5.26 Å². The van der Waals surface area contributed by atoms with E-state index < -0.39 is 5.82 Å². The smallest absolute Gasteiger partial charge is 0.125 e. The fourth-order valence-corrected chi connectivity index (χ4v) is 2.45. The van der Waals surface area contributed by atoms with Crippen molar-refractivity contribution in [2.75, 3.05) is 11.1 Å². The maximum Gasteiger partial charge on any atom is 0.125 e. The number of nitrogen functional groups attached to an aromatic ring is 1. The highest BCUT2D eigenvalue weighted by atomic mass is 79.9. The lowest BCUT2D eigenvalue weighted by Crippen LogP contribution is -1.96. The number of nitrogens with one attached hydrogen (secondary N) is 1. The Balaban J connectivity index is 2.37. The lowest BCUT2D eigenvalue weighted by molar-refractivity contribution is 0.627. The van der Waals surface area contributed by atoms with Gasteiger partial charge in [0.15, 0.2) is 0 Å². The molecule has 2 aromatic rings. The SMILES string of the molecule is N#Cc1ccc(Nc2c(Cl)cc(F)cc2Br)cc1N. The molecule has 96 valence electrons. The number of nitriles is 1. The molecule has 0 saturated heterocycles. The third-order valence-electron chi connectivity index (χ3n) is 2.45. The topological polar surface area (TPSA) is 61.8 Å². The molecular formula is C13H8BrClFN3. The third-order valence-corrected chi connectivity index (χ3v) is 3.37. The normalized spacial score (nSPS) is 10.0. The molecule has 0 aromatic heterocycles. The van der Waals surface area contributed by atoms with Gasteiger partial charge in [0.2, 0.25) is 0 Å². The predicted molar refractivity (Wildman–Crippen MR) is 78.0 cm³/mol. The van der Waals surface area contributed by atoms with Crippen LogP contribution >= 0.6 is 27.5 Å². The zero-order valence-electron chi connectivity index (χ0n) is 9.55. The molecule has 0 radical (unpaired) electrons. The number of benzene rings is 2. The fourth-order valence-electron chi connectivity index (χ4n) is 1.55. The van der Waals surface area contributed by atoms with Crippen LogP contribution < -0.4 is 11.1 Å². The average molecular weight is 341 g/mol. The molecule has 0 heterocycles. The zero-order valence-corrected chi connectivity index (χ0v) is 11.9. The summed E-state index contributed by atoms with van der Waals surface area (Å²) in [6, 6.07) is 9.41. The number of anilines is 3. The lowest BCUT2D eigenvalue weighted by Gasteiger charge is -2.11. The van der Waals surface area contributed by atoms with Crippen LogP contribution in [0.15, 0.2) is 34.8 Å². The summed E-state index contributed by atoms with van der Waals surface area (Å²) in [7, 11) is 0. The van der Waals surface area contributed by atoms with Crippen molar-refractivity contribution in [1.29, 1.82) is 5.26 Å². The van der Waals surface area contributed by atoms with E-state index in [4.69, 9.17) is 22.6 Å². The molecule has 0 atom stereocenters. The lowest BCUT2D eigenvalue weighted by atomic mass is 10.1. The van der Waals surface area contributed by atoms with E-state index in [1.165, 1.54) is 12.1 Å². The summed E-state index contributed by atoms with van der Waals surface area (Å²) >= 11 is 9.20. The minimum Gasteiger partial charge on any atom is -0.398 e. The Labute approximate surface area is 122 Å².